The van der Waals surface area contributed by atoms with Crippen molar-refractivity contribution >= 4 is 34.3 Å². The van der Waals surface area contributed by atoms with Gasteiger partial charge in [0.15, 0.2) is 0 Å². The van der Waals surface area contributed by atoms with Gasteiger partial charge in [-0.15, -0.1) is 22.7 Å². The zero-order valence-electron chi connectivity index (χ0n) is 9.07. The second-order valence-electron chi connectivity index (χ2n) is 3.80. The summed E-state index contributed by atoms with van der Waals surface area (Å²) in [6.45, 7) is 3.12. The molecule has 2 heterocycles. The molecule has 86 valence electrons. The average Bonchev–Trinajstić information content (AvgIpc) is 2.87. The van der Waals surface area contributed by atoms with Crippen LogP contribution in [0.1, 0.15) is 16.7 Å². The van der Waals surface area contributed by atoms with Gasteiger partial charge in [0.25, 0.3) is 0 Å². The second kappa shape index (κ2) is 5.82. The summed E-state index contributed by atoms with van der Waals surface area (Å²) in [6, 6.07) is 6.81. The fourth-order valence-electron chi connectivity index (χ4n) is 1.52. The van der Waals surface area contributed by atoms with Crippen molar-refractivity contribution in [2.24, 2.45) is 0 Å². The average molecular weight is 272 g/mol. The van der Waals surface area contributed by atoms with Gasteiger partial charge in [-0.05, 0) is 30.9 Å². The van der Waals surface area contributed by atoms with Gasteiger partial charge in [0.2, 0.25) is 0 Å². The largest absolute Gasteiger partial charge is 0.309 e. The van der Waals surface area contributed by atoms with Crippen LogP contribution in [0.25, 0.3) is 0 Å². The Hall–Kier alpha value is -0.350. The SMILES string of the molecule is CC(Cc1cccs1)NCc1cc(Cl)cs1. The van der Waals surface area contributed by atoms with Crippen molar-refractivity contribution in [1.82, 2.24) is 5.32 Å². The van der Waals surface area contributed by atoms with Crippen molar-refractivity contribution in [3.63, 3.8) is 0 Å². The lowest BCUT2D eigenvalue weighted by atomic mass is 10.2. The molecule has 4 heteroatoms. The van der Waals surface area contributed by atoms with E-state index in [0.29, 0.717) is 6.04 Å². The zero-order valence-corrected chi connectivity index (χ0v) is 11.5. The summed E-state index contributed by atoms with van der Waals surface area (Å²) in [5.41, 5.74) is 0. The minimum Gasteiger partial charge on any atom is -0.309 e. The van der Waals surface area contributed by atoms with Crippen LogP contribution in [-0.2, 0) is 13.0 Å². The molecule has 0 saturated carbocycles. The van der Waals surface area contributed by atoms with Crippen molar-refractivity contribution in [3.05, 3.63) is 43.7 Å². The Balaban J connectivity index is 1.77. The first-order valence-corrected chi connectivity index (χ1v) is 7.36. The first kappa shape index (κ1) is 12.1. The molecule has 0 aliphatic carbocycles. The third kappa shape index (κ3) is 3.59. The molecule has 1 unspecified atom stereocenters. The Kier molecular flexibility index (Phi) is 4.41. The second-order valence-corrected chi connectivity index (χ2v) is 6.26. The van der Waals surface area contributed by atoms with Gasteiger partial charge in [-0.1, -0.05) is 17.7 Å². The number of hydrogen-bond donors (Lipinski definition) is 1. The van der Waals surface area contributed by atoms with Crippen LogP contribution >= 0.6 is 34.3 Å². The Bertz CT molecular complexity index is 422. The molecule has 1 atom stereocenters. The maximum Gasteiger partial charge on any atom is 0.0516 e. The lowest BCUT2D eigenvalue weighted by molar-refractivity contribution is 0.552. The van der Waals surface area contributed by atoms with Crippen LogP contribution in [0.3, 0.4) is 0 Å². The fourth-order valence-corrected chi connectivity index (χ4v) is 3.38. The third-order valence-electron chi connectivity index (χ3n) is 2.33. The summed E-state index contributed by atoms with van der Waals surface area (Å²) in [6.07, 6.45) is 1.09. The van der Waals surface area contributed by atoms with Crippen LogP contribution in [0.4, 0.5) is 0 Å². The van der Waals surface area contributed by atoms with Crippen molar-refractivity contribution in [1.29, 1.82) is 0 Å². The quantitative estimate of drug-likeness (QED) is 0.860. The molecule has 0 spiro atoms. The standard InChI is InChI=1S/C12H14ClNS2/c1-9(5-11-3-2-4-15-11)14-7-12-6-10(13)8-16-12/h2-4,6,8-9,14H,5,7H2,1H3. The summed E-state index contributed by atoms with van der Waals surface area (Å²) in [7, 11) is 0. The van der Waals surface area contributed by atoms with Crippen LogP contribution < -0.4 is 5.32 Å². The molecule has 0 aliphatic rings. The maximum absolute atomic E-state index is 5.88. The van der Waals surface area contributed by atoms with Crippen LogP contribution in [0.2, 0.25) is 5.02 Å². The molecular weight excluding hydrogens is 258 g/mol. The predicted molar refractivity (Wildman–Crippen MR) is 73.7 cm³/mol. The van der Waals surface area contributed by atoms with Crippen molar-refractivity contribution in [3.8, 4) is 0 Å². The minimum atomic E-state index is 0.500. The van der Waals surface area contributed by atoms with Gasteiger partial charge in [-0.25, -0.2) is 0 Å². The van der Waals surface area contributed by atoms with E-state index in [9.17, 15) is 0 Å². The molecule has 2 aromatic rings. The van der Waals surface area contributed by atoms with Gasteiger partial charge in [0.1, 0.15) is 0 Å². The van der Waals surface area contributed by atoms with Crippen molar-refractivity contribution in [2.45, 2.75) is 25.9 Å². The highest BCUT2D eigenvalue weighted by atomic mass is 35.5. The third-order valence-corrected chi connectivity index (χ3v) is 4.52. The normalized spacial score (nSPS) is 12.9. The van der Waals surface area contributed by atoms with E-state index in [0.717, 1.165) is 18.0 Å². The number of rotatable bonds is 5. The molecule has 2 rings (SSSR count). The van der Waals surface area contributed by atoms with Crippen LogP contribution in [0, 0.1) is 0 Å². The lowest BCUT2D eigenvalue weighted by Crippen LogP contribution is -2.26. The lowest BCUT2D eigenvalue weighted by Gasteiger charge is -2.11. The van der Waals surface area contributed by atoms with Crippen LogP contribution in [-0.4, -0.2) is 6.04 Å². The van der Waals surface area contributed by atoms with Crippen molar-refractivity contribution in [2.75, 3.05) is 0 Å². The Morgan fingerprint density at radius 2 is 2.25 bits per heavy atom. The van der Waals surface area contributed by atoms with Gasteiger partial charge >= 0.3 is 0 Å². The molecule has 2 aromatic heterocycles. The van der Waals surface area contributed by atoms with E-state index in [1.54, 1.807) is 11.3 Å². The minimum absolute atomic E-state index is 0.500. The Labute approximate surface area is 109 Å². The number of thiophene rings is 2. The van der Waals surface area contributed by atoms with Gasteiger partial charge in [0, 0.05) is 27.7 Å². The van der Waals surface area contributed by atoms with E-state index >= 15 is 0 Å². The highest BCUT2D eigenvalue weighted by molar-refractivity contribution is 7.10. The van der Waals surface area contributed by atoms with E-state index in [-0.39, 0.29) is 0 Å². The molecule has 0 fully saturated rings. The van der Waals surface area contributed by atoms with Crippen LogP contribution in [0.5, 0.6) is 0 Å². The summed E-state index contributed by atoms with van der Waals surface area (Å²) in [4.78, 5) is 2.73. The van der Waals surface area contributed by atoms with Gasteiger partial charge < -0.3 is 5.32 Å². The molecule has 0 aromatic carbocycles. The van der Waals surface area contributed by atoms with Crippen LogP contribution in [0.15, 0.2) is 29.0 Å². The topological polar surface area (TPSA) is 12.0 Å². The molecule has 1 N–H and O–H groups in total. The molecule has 0 aliphatic heterocycles. The first-order valence-electron chi connectivity index (χ1n) is 5.22. The van der Waals surface area contributed by atoms with E-state index in [1.165, 1.54) is 9.75 Å². The van der Waals surface area contributed by atoms with Gasteiger partial charge in [0.05, 0.1) is 5.02 Å². The number of halogens is 1. The number of hydrogen-bond acceptors (Lipinski definition) is 3. The van der Waals surface area contributed by atoms with E-state index < -0.39 is 0 Å². The molecule has 16 heavy (non-hydrogen) atoms. The smallest absolute Gasteiger partial charge is 0.0516 e. The first-order chi connectivity index (χ1) is 7.74. The molecule has 0 saturated heterocycles. The molecule has 0 amide bonds. The fraction of sp³-hybridized carbons (Fsp3) is 0.333. The van der Waals surface area contributed by atoms with E-state index in [4.69, 9.17) is 11.6 Å². The summed E-state index contributed by atoms with van der Waals surface area (Å²) >= 11 is 9.40. The monoisotopic (exact) mass is 271 g/mol. The summed E-state index contributed by atoms with van der Waals surface area (Å²) in [5.74, 6) is 0. The summed E-state index contributed by atoms with van der Waals surface area (Å²) < 4.78 is 0. The maximum atomic E-state index is 5.88. The predicted octanol–water partition coefficient (Wildman–Crippen LogP) is 4.18. The molecular formula is C12H14ClNS2. The molecule has 0 bridgehead atoms. The van der Waals surface area contributed by atoms with Gasteiger partial charge in [-0.2, -0.15) is 0 Å². The van der Waals surface area contributed by atoms with Crippen molar-refractivity contribution < 1.29 is 0 Å². The van der Waals surface area contributed by atoms with Gasteiger partial charge in [-0.3, -0.25) is 0 Å². The number of nitrogens with one attached hydrogen (secondary N) is 1. The zero-order chi connectivity index (χ0) is 11.4. The Morgan fingerprint density at radius 3 is 2.88 bits per heavy atom. The summed E-state index contributed by atoms with van der Waals surface area (Å²) in [5, 5.41) is 8.45. The highest BCUT2D eigenvalue weighted by Crippen LogP contribution is 2.19. The Morgan fingerprint density at radius 1 is 1.38 bits per heavy atom. The molecule has 1 nitrogen and oxygen atoms in total. The molecule has 0 radical (unpaired) electrons. The van der Waals surface area contributed by atoms with E-state index in [2.05, 4.69) is 29.8 Å². The highest BCUT2D eigenvalue weighted by Gasteiger charge is 2.04. The van der Waals surface area contributed by atoms with E-state index in [1.807, 2.05) is 22.8 Å².